The number of nitrogens with one attached hydrogen (secondary N) is 1. The lowest BCUT2D eigenvalue weighted by Gasteiger charge is -2.35. The van der Waals surface area contributed by atoms with E-state index < -0.39 is 4.75 Å². The molecule has 4 heteroatoms. The van der Waals surface area contributed by atoms with Crippen molar-refractivity contribution in [1.29, 1.82) is 0 Å². The fourth-order valence-corrected chi connectivity index (χ4v) is 4.82. The molecular formula is C26H29NO2S. The maximum absolute atomic E-state index is 12.1. The van der Waals surface area contributed by atoms with Crippen LogP contribution in [0, 0.1) is 0 Å². The molecule has 0 bridgehead atoms. The molecule has 156 valence electrons. The Labute approximate surface area is 183 Å². The number of carbonyl (C=O) groups is 1. The molecule has 0 aliphatic rings. The Morgan fingerprint density at radius 2 is 1.17 bits per heavy atom. The zero-order chi connectivity index (χ0) is 21.5. The molecule has 0 aliphatic carbocycles. The molecule has 30 heavy (non-hydrogen) atoms. The third-order valence-corrected chi connectivity index (χ3v) is 6.16. The lowest BCUT2D eigenvalue weighted by Crippen LogP contribution is -2.41. The molecule has 3 nitrogen and oxygen atoms in total. The Hall–Kier alpha value is -2.72. The van der Waals surface area contributed by atoms with Crippen LogP contribution in [0.25, 0.3) is 0 Å². The Morgan fingerprint density at radius 3 is 1.53 bits per heavy atom. The summed E-state index contributed by atoms with van der Waals surface area (Å²) in [5.74, 6) is 0.663. The summed E-state index contributed by atoms with van der Waals surface area (Å²) in [6.07, 6.45) is -0.382. The average molecular weight is 420 g/mol. The van der Waals surface area contributed by atoms with Crippen molar-refractivity contribution >= 4 is 17.9 Å². The van der Waals surface area contributed by atoms with Gasteiger partial charge in [0.2, 0.25) is 0 Å². The van der Waals surface area contributed by atoms with E-state index in [0.717, 1.165) is 0 Å². The second-order valence-electron chi connectivity index (χ2n) is 8.14. The molecule has 0 saturated carbocycles. The number of carbonyl (C=O) groups excluding carboxylic acids is 1. The Balaban J connectivity index is 1.91. The van der Waals surface area contributed by atoms with Gasteiger partial charge in [0.25, 0.3) is 0 Å². The highest BCUT2D eigenvalue weighted by Gasteiger charge is 2.36. The number of amides is 1. The minimum atomic E-state index is -0.395. The van der Waals surface area contributed by atoms with Gasteiger partial charge in [-0.1, -0.05) is 91.0 Å². The molecule has 0 unspecified atom stereocenters. The van der Waals surface area contributed by atoms with Crippen molar-refractivity contribution in [3.8, 4) is 0 Å². The van der Waals surface area contributed by atoms with Gasteiger partial charge in [0.1, 0.15) is 6.61 Å². The molecule has 3 rings (SSSR count). The van der Waals surface area contributed by atoms with Crippen LogP contribution >= 0.6 is 11.8 Å². The van der Waals surface area contributed by atoms with Gasteiger partial charge in [-0.2, -0.15) is 0 Å². The van der Waals surface area contributed by atoms with E-state index in [2.05, 4.69) is 78.1 Å². The van der Waals surface area contributed by atoms with Gasteiger partial charge in [-0.25, -0.2) is 4.79 Å². The highest BCUT2D eigenvalue weighted by molar-refractivity contribution is 8.00. The van der Waals surface area contributed by atoms with E-state index in [1.54, 1.807) is 11.8 Å². The van der Waals surface area contributed by atoms with Crippen molar-refractivity contribution in [2.24, 2.45) is 0 Å². The van der Waals surface area contributed by atoms with E-state index in [-0.39, 0.29) is 11.6 Å². The molecule has 0 aromatic heterocycles. The predicted molar refractivity (Wildman–Crippen MR) is 126 cm³/mol. The van der Waals surface area contributed by atoms with E-state index in [4.69, 9.17) is 4.74 Å². The molecule has 0 saturated heterocycles. The summed E-state index contributed by atoms with van der Waals surface area (Å²) in [6, 6.07) is 31.5. The number of ether oxygens (including phenoxy) is 1. The monoisotopic (exact) mass is 419 g/mol. The van der Waals surface area contributed by atoms with Crippen molar-refractivity contribution < 1.29 is 9.53 Å². The van der Waals surface area contributed by atoms with Crippen molar-refractivity contribution in [2.75, 3.05) is 12.4 Å². The Kier molecular flexibility index (Phi) is 7.22. The SMILES string of the molecule is CC(C)(C)NC(=O)OCCSC(c1ccccc1)(c1ccccc1)c1ccccc1. The summed E-state index contributed by atoms with van der Waals surface area (Å²) in [5.41, 5.74) is 3.29. The Bertz CT molecular complexity index is 825. The van der Waals surface area contributed by atoms with Crippen molar-refractivity contribution in [2.45, 2.75) is 31.1 Å². The minimum absolute atomic E-state index is 0.313. The Morgan fingerprint density at radius 1 is 0.767 bits per heavy atom. The number of hydrogen-bond donors (Lipinski definition) is 1. The second kappa shape index (κ2) is 9.86. The van der Waals surface area contributed by atoms with E-state index in [9.17, 15) is 4.79 Å². The van der Waals surface area contributed by atoms with Gasteiger partial charge in [0.15, 0.2) is 0 Å². The first-order valence-electron chi connectivity index (χ1n) is 10.2. The smallest absolute Gasteiger partial charge is 0.407 e. The van der Waals surface area contributed by atoms with E-state index >= 15 is 0 Å². The third kappa shape index (κ3) is 5.45. The zero-order valence-electron chi connectivity index (χ0n) is 17.8. The summed E-state index contributed by atoms with van der Waals surface area (Å²) in [4.78, 5) is 12.1. The van der Waals surface area contributed by atoms with Crippen LogP contribution in [-0.4, -0.2) is 24.0 Å². The topological polar surface area (TPSA) is 38.3 Å². The molecule has 0 radical (unpaired) electrons. The van der Waals surface area contributed by atoms with Gasteiger partial charge < -0.3 is 10.1 Å². The normalized spacial score (nSPS) is 11.7. The maximum Gasteiger partial charge on any atom is 0.407 e. The minimum Gasteiger partial charge on any atom is -0.449 e. The fraction of sp³-hybridized carbons (Fsp3) is 0.269. The van der Waals surface area contributed by atoms with E-state index in [1.807, 2.05) is 39.0 Å². The van der Waals surface area contributed by atoms with E-state index in [0.29, 0.717) is 12.4 Å². The highest BCUT2D eigenvalue weighted by Crippen LogP contribution is 2.48. The zero-order valence-corrected chi connectivity index (χ0v) is 18.6. The summed E-state index contributed by atoms with van der Waals surface area (Å²) < 4.78 is 5.06. The van der Waals surface area contributed by atoms with Crippen LogP contribution in [0.3, 0.4) is 0 Å². The number of thioether (sulfide) groups is 1. The van der Waals surface area contributed by atoms with Crippen molar-refractivity contribution in [3.63, 3.8) is 0 Å². The summed E-state index contributed by atoms with van der Waals surface area (Å²) in [7, 11) is 0. The highest BCUT2D eigenvalue weighted by atomic mass is 32.2. The first kappa shape index (κ1) is 22.0. The molecule has 0 heterocycles. The largest absolute Gasteiger partial charge is 0.449 e. The van der Waals surface area contributed by atoms with Crippen LogP contribution in [-0.2, 0) is 9.48 Å². The molecule has 3 aromatic rings. The fourth-order valence-electron chi connectivity index (χ4n) is 3.44. The quantitative estimate of drug-likeness (QED) is 0.364. The van der Waals surface area contributed by atoms with Crippen LogP contribution in [0.5, 0.6) is 0 Å². The maximum atomic E-state index is 12.1. The van der Waals surface area contributed by atoms with Crippen LogP contribution in [0.2, 0.25) is 0 Å². The van der Waals surface area contributed by atoms with Gasteiger partial charge in [-0.3, -0.25) is 0 Å². The van der Waals surface area contributed by atoms with Gasteiger partial charge in [0.05, 0.1) is 4.75 Å². The molecular weight excluding hydrogens is 390 g/mol. The first-order chi connectivity index (χ1) is 14.4. The first-order valence-corrected chi connectivity index (χ1v) is 11.2. The molecule has 0 spiro atoms. The standard InChI is InChI=1S/C26H29NO2S/c1-25(2,3)27-24(28)29-19-20-30-26(21-13-7-4-8-14-21,22-15-9-5-10-16-22)23-17-11-6-12-18-23/h4-18H,19-20H2,1-3H3,(H,27,28). The van der Waals surface area contributed by atoms with Gasteiger partial charge in [0, 0.05) is 11.3 Å². The van der Waals surface area contributed by atoms with Crippen LogP contribution in [0.1, 0.15) is 37.5 Å². The summed E-state index contributed by atoms with van der Waals surface area (Å²) in [5, 5.41) is 2.84. The molecule has 0 aliphatic heterocycles. The van der Waals surface area contributed by atoms with Crippen LogP contribution < -0.4 is 5.32 Å². The number of rotatable bonds is 7. The summed E-state index contributed by atoms with van der Waals surface area (Å²) in [6.45, 7) is 6.15. The number of hydrogen-bond acceptors (Lipinski definition) is 3. The molecule has 3 aromatic carbocycles. The van der Waals surface area contributed by atoms with Crippen LogP contribution in [0.15, 0.2) is 91.0 Å². The number of benzene rings is 3. The van der Waals surface area contributed by atoms with Crippen LogP contribution in [0.4, 0.5) is 4.79 Å². The number of alkyl carbamates (subject to hydrolysis) is 1. The molecule has 1 N–H and O–H groups in total. The van der Waals surface area contributed by atoms with Gasteiger partial charge in [-0.05, 0) is 37.5 Å². The second-order valence-corrected chi connectivity index (χ2v) is 9.45. The van der Waals surface area contributed by atoms with Crippen molar-refractivity contribution in [3.05, 3.63) is 108 Å². The lowest BCUT2D eigenvalue weighted by atomic mass is 9.84. The summed E-state index contributed by atoms with van der Waals surface area (Å²) >= 11 is 1.78. The van der Waals surface area contributed by atoms with Gasteiger partial charge >= 0.3 is 6.09 Å². The molecule has 0 fully saturated rings. The predicted octanol–water partition coefficient (Wildman–Crippen LogP) is 6.24. The molecule has 0 atom stereocenters. The lowest BCUT2D eigenvalue weighted by molar-refractivity contribution is 0.144. The van der Waals surface area contributed by atoms with E-state index in [1.165, 1.54) is 16.7 Å². The third-order valence-electron chi connectivity index (χ3n) is 4.65. The van der Waals surface area contributed by atoms with Gasteiger partial charge in [-0.15, -0.1) is 11.8 Å². The average Bonchev–Trinajstić information content (AvgIpc) is 2.75. The molecule has 1 amide bonds. The van der Waals surface area contributed by atoms with Crippen molar-refractivity contribution in [1.82, 2.24) is 5.32 Å².